The first-order chi connectivity index (χ1) is 6.97. The first-order valence-electron chi connectivity index (χ1n) is 4.18. The lowest BCUT2D eigenvalue weighted by molar-refractivity contribution is 0.318. The fourth-order valence-corrected chi connectivity index (χ4v) is 1.49. The molecule has 86 valence electrons. The Balaban J connectivity index is 0.000000583. The summed E-state index contributed by atoms with van der Waals surface area (Å²) in [6.07, 6.45) is 0. The molecular weight excluding hydrogens is 220 g/mol. The van der Waals surface area contributed by atoms with Crippen molar-refractivity contribution in [3.05, 3.63) is 24.3 Å². The summed E-state index contributed by atoms with van der Waals surface area (Å²) in [4.78, 5) is -0.215. The van der Waals surface area contributed by atoms with E-state index in [1.165, 1.54) is 25.3 Å². The minimum atomic E-state index is -4.17. The van der Waals surface area contributed by atoms with Crippen molar-refractivity contribution in [1.82, 2.24) is 0 Å². The minimum absolute atomic E-state index is 0.139. The summed E-state index contributed by atoms with van der Waals surface area (Å²) in [6.45, 7) is 1.93. The molecule has 0 aliphatic heterocycles. The topological polar surface area (TPSA) is 83.8 Å². The highest BCUT2D eigenvalue weighted by molar-refractivity contribution is 7.86. The van der Waals surface area contributed by atoms with Gasteiger partial charge in [-0.1, -0.05) is 12.1 Å². The Bertz CT molecular complexity index is 385. The maximum Gasteiger partial charge on any atom is 0.298 e. The predicted molar refractivity (Wildman–Crippen MR) is 55.6 cm³/mol. The third-order valence-electron chi connectivity index (χ3n) is 1.35. The quantitative estimate of drug-likeness (QED) is 0.744. The van der Waals surface area contributed by atoms with Crippen LogP contribution in [0.4, 0.5) is 0 Å². The fourth-order valence-electron chi connectivity index (χ4n) is 0.832. The Morgan fingerprint density at radius 1 is 1.33 bits per heavy atom. The molecule has 0 radical (unpaired) electrons. The lowest BCUT2D eigenvalue weighted by Gasteiger charge is -2.03. The number of ether oxygens (including phenoxy) is 1. The van der Waals surface area contributed by atoms with Gasteiger partial charge in [-0.25, -0.2) is 0 Å². The third kappa shape index (κ3) is 4.78. The zero-order valence-corrected chi connectivity index (χ0v) is 9.36. The third-order valence-corrected chi connectivity index (χ3v) is 2.24. The van der Waals surface area contributed by atoms with Crippen molar-refractivity contribution in [2.75, 3.05) is 13.7 Å². The van der Waals surface area contributed by atoms with E-state index in [0.717, 1.165) is 0 Å². The molecule has 2 N–H and O–H groups in total. The van der Waals surface area contributed by atoms with E-state index in [4.69, 9.17) is 14.4 Å². The summed E-state index contributed by atoms with van der Waals surface area (Å²) in [5.41, 5.74) is 0. The van der Waals surface area contributed by atoms with Gasteiger partial charge in [0.15, 0.2) is 0 Å². The molecule has 0 fully saturated rings. The number of hydrogen-bond acceptors (Lipinski definition) is 4. The molecule has 6 heteroatoms. The van der Waals surface area contributed by atoms with Crippen LogP contribution in [0.5, 0.6) is 5.75 Å². The molecule has 0 amide bonds. The Morgan fingerprint density at radius 2 is 1.80 bits per heavy atom. The van der Waals surface area contributed by atoms with Crippen LogP contribution in [-0.2, 0) is 10.1 Å². The van der Waals surface area contributed by atoms with Crippen LogP contribution in [0.3, 0.4) is 0 Å². The van der Waals surface area contributed by atoms with Crippen LogP contribution in [0.1, 0.15) is 6.92 Å². The van der Waals surface area contributed by atoms with Crippen LogP contribution in [0.25, 0.3) is 0 Å². The predicted octanol–water partition coefficient (Wildman–Crippen LogP) is 0.940. The van der Waals surface area contributed by atoms with E-state index >= 15 is 0 Å². The van der Waals surface area contributed by atoms with E-state index in [1.807, 2.05) is 0 Å². The van der Waals surface area contributed by atoms with Crippen molar-refractivity contribution in [2.24, 2.45) is 0 Å². The van der Waals surface area contributed by atoms with Crippen LogP contribution >= 0.6 is 0 Å². The zero-order chi connectivity index (χ0) is 11.9. The van der Waals surface area contributed by atoms with E-state index in [9.17, 15) is 8.42 Å². The van der Waals surface area contributed by atoms with Crippen LogP contribution < -0.4 is 4.74 Å². The molecule has 5 nitrogen and oxygen atoms in total. The van der Waals surface area contributed by atoms with Crippen molar-refractivity contribution < 1.29 is 22.8 Å². The number of methoxy groups -OCH3 is 1. The largest absolute Gasteiger partial charge is 0.495 e. The summed E-state index contributed by atoms with van der Waals surface area (Å²) in [5, 5.41) is 7.57. The minimum Gasteiger partial charge on any atom is -0.495 e. The SMILES string of the molecule is CCO.COc1ccccc1S(=O)(=O)O. The van der Waals surface area contributed by atoms with Gasteiger partial charge < -0.3 is 9.84 Å². The van der Waals surface area contributed by atoms with Gasteiger partial charge in [0.05, 0.1) is 7.11 Å². The zero-order valence-electron chi connectivity index (χ0n) is 8.54. The lowest BCUT2D eigenvalue weighted by Crippen LogP contribution is -2.00. The molecule has 1 rings (SSSR count). The van der Waals surface area contributed by atoms with Gasteiger partial charge >= 0.3 is 0 Å². The smallest absolute Gasteiger partial charge is 0.298 e. The molecule has 0 aliphatic carbocycles. The van der Waals surface area contributed by atoms with Crippen molar-refractivity contribution in [3.8, 4) is 5.75 Å². The van der Waals surface area contributed by atoms with Crippen molar-refractivity contribution in [2.45, 2.75) is 11.8 Å². The number of benzene rings is 1. The highest BCUT2D eigenvalue weighted by Gasteiger charge is 2.14. The molecule has 0 atom stereocenters. The van der Waals surface area contributed by atoms with E-state index in [-0.39, 0.29) is 17.3 Å². The van der Waals surface area contributed by atoms with Gasteiger partial charge in [0.2, 0.25) is 0 Å². The molecule has 0 heterocycles. The summed E-state index contributed by atoms with van der Waals surface area (Å²) in [7, 11) is -2.83. The highest BCUT2D eigenvalue weighted by atomic mass is 32.2. The van der Waals surface area contributed by atoms with Crippen LogP contribution in [0.2, 0.25) is 0 Å². The van der Waals surface area contributed by atoms with Crippen LogP contribution in [-0.4, -0.2) is 31.8 Å². The Kier molecular flexibility index (Phi) is 5.92. The first-order valence-corrected chi connectivity index (χ1v) is 5.62. The number of hydrogen-bond donors (Lipinski definition) is 2. The summed E-state index contributed by atoms with van der Waals surface area (Å²) < 4.78 is 34.8. The van der Waals surface area contributed by atoms with E-state index in [2.05, 4.69) is 0 Å². The Labute approximate surface area is 89.1 Å². The molecule has 0 saturated carbocycles. The number of rotatable bonds is 2. The van der Waals surface area contributed by atoms with E-state index < -0.39 is 10.1 Å². The van der Waals surface area contributed by atoms with Gasteiger partial charge in [0, 0.05) is 6.61 Å². The molecule has 0 aliphatic rings. The molecule has 15 heavy (non-hydrogen) atoms. The molecule has 0 spiro atoms. The summed E-state index contributed by atoms with van der Waals surface area (Å²) in [5.74, 6) is 0.139. The summed E-state index contributed by atoms with van der Waals surface area (Å²) >= 11 is 0. The fraction of sp³-hybridized carbons (Fsp3) is 0.333. The van der Waals surface area contributed by atoms with Crippen molar-refractivity contribution in [3.63, 3.8) is 0 Å². The lowest BCUT2D eigenvalue weighted by atomic mass is 10.3. The van der Waals surface area contributed by atoms with Gasteiger partial charge in [-0.3, -0.25) is 4.55 Å². The monoisotopic (exact) mass is 234 g/mol. The van der Waals surface area contributed by atoms with Crippen LogP contribution in [0, 0.1) is 0 Å². The van der Waals surface area contributed by atoms with Gasteiger partial charge in [-0.15, -0.1) is 0 Å². The maximum absolute atomic E-state index is 10.7. The number of para-hydroxylation sites is 1. The maximum atomic E-state index is 10.7. The molecular formula is C9H14O5S. The number of aliphatic hydroxyl groups excluding tert-OH is 1. The molecule has 0 aromatic heterocycles. The molecule has 1 aromatic carbocycles. The van der Waals surface area contributed by atoms with E-state index in [1.54, 1.807) is 13.0 Å². The summed E-state index contributed by atoms with van der Waals surface area (Å²) in [6, 6.07) is 5.86. The normalized spacial score (nSPS) is 10.1. The van der Waals surface area contributed by atoms with Gasteiger partial charge in [-0.05, 0) is 19.1 Å². The molecule has 0 bridgehead atoms. The molecule has 1 aromatic rings. The van der Waals surface area contributed by atoms with Gasteiger partial charge in [0.25, 0.3) is 10.1 Å². The van der Waals surface area contributed by atoms with Gasteiger partial charge in [-0.2, -0.15) is 8.42 Å². The molecule has 0 saturated heterocycles. The number of aliphatic hydroxyl groups is 1. The highest BCUT2D eigenvalue weighted by Crippen LogP contribution is 2.21. The van der Waals surface area contributed by atoms with Crippen LogP contribution in [0.15, 0.2) is 29.2 Å². The second-order valence-electron chi connectivity index (χ2n) is 2.44. The van der Waals surface area contributed by atoms with E-state index in [0.29, 0.717) is 0 Å². The molecule has 0 unspecified atom stereocenters. The average Bonchev–Trinajstić information content (AvgIpc) is 2.18. The first kappa shape index (κ1) is 13.9. The van der Waals surface area contributed by atoms with Gasteiger partial charge in [0.1, 0.15) is 10.6 Å². The second-order valence-corrected chi connectivity index (χ2v) is 3.83. The Morgan fingerprint density at radius 3 is 2.13 bits per heavy atom. The van der Waals surface area contributed by atoms with Crippen molar-refractivity contribution in [1.29, 1.82) is 0 Å². The second kappa shape index (κ2) is 6.39. The van der Waals surface area contributed by atoms with Crippen molar-refractivity contribution >= 4 is 10.1 Å². The average molecular weight is 234 g/mol. The standard InChI is InChI=1S/C7H8O4S.C2H6O/c1-11-6-4-2-3-5-7(6)12(8,9)10;1-2-3/h2-5H,1H3,(H,8,9,10);3H,2H2,1H3. The Hall–Kier alpha value is -1.11.